The van der Waals surface area contributed by atoms with Crippen LogP contribution in [-0.4, -0.2) is 36.0 Å². The van der Waals surface area contributed by atoms with Crippen LogP contribution in [0.15, 0.2) is 22.7 Å². The van der Waals surface area contributed by atoms with E-state index < -0.39 is 5.97 Å². The van der Waals surface area contributed by atoms with Crippen molar-refractivity contribution < 1.29 is 14.3 Å². The molecule has 2 fully saturated rings. The van der Waals surface area contributed by atoms with E-state index in [-0.39, 0.29) is 18.1 Å². The molecule has 130 valence electrons. The lowest BCUT2D eigenvalue weighted by Gasteiger charge is -2.44. The number of amides is 1. The highest BCUT2D eigenvalue weighted by atomic mass is 79.9. The fourth-order valence-electron chi connectivity index (χ4n) is 3.93. The van der Waals surface area contributed by atoms with Gasteiger partial charge in [0, 0.05) is 22.7 Å². The Morgan fingerprint density at radius 2 is 1.96 bits per heavy atom. The van der Waals surface area contributed by atoms with Crippen LogP contribution in [0.3, 0.4) is 0 Å². The number of likely N-dealkylation sites (tertiary alicyclic amines) is 1. The van der Waals surface area contributed by atoms with Crippen LogP contribution in [0.2, 0.25) is 0 Å². The van der Waals surface area contributed by atoms with Crippen molar-refractivity contribution in [2.24, 2.45) is 5.92 Å². The second-order valence-corrected chi connectivity index (χ2v) is 7.56. The molecular formula is C18H23BrN2O3. The number of rotatable bonds is 3. The average Bonchev–Trinajstić information content (AvgIpc) is 2.61. The first-order valence-electron chi connectivity index (χ1n) is 8.58. The highest BCUT2D eigenvalue weighted by Gasteiger charge is 2.35. The number of anilines is 1. The minimum absolute atomic E-state index is 0.0893. The summed E-state index contributed by atoms with van der Waals surface area (Å²) in [6.07, 6.45) is 6.98. The average molecular weight is 395 g/mol. The lowest BCUT2D eigenvalue weighted by atomic mass is 9.78. The Kier molecular flexibility index (Phi) is 5.43. The Morgan fingerprint density at radius 1 is 1.21 bits per heavy atom. The molecule has 1 heterocycles. The van der Waals surface area contributed by atoms with Gasteiger partial charge >= 0.3 is 5.97 Å². The van der Waals surface area contributed by atoms with Crippen LogP contribution in [-0.2, 0) is 9.53 Å². The zero-order chi connectivity index (χ0) is 17.1. The minimum Gasteiger partial charge on any atom is -0.452 e. The first-order chi connectivity index (χ1) is 11.6. The van der Waals surface area contributed by atoms with Gasteiger partial charge < -0.3 is 15.4 Å². The standard InChI is InChI=1S/C18H23BrN2O3/c19-13-7-8-15(20)14(10-13)18(23)24-11-17(22)21-9-3-5-12-4-1-2-6-16(12)21/h7-8,10,12,16H,1-6,9,11,20H2/t12-,16+/m1/s1. The number of carbonyl (C=O) groups is 2. The molecule has 0 unspecified atom stereocenters. The smallest absolute Gasteiger partial charge is 0.340 e. The molecule has 1 saturated carbocycles. The highest BCUT2D eigenvalue weighted by Crippen LogP contribution is 2.35. The second kappa shape index (κ2) is 7.55. The first kappa shape index (κ1) is 17.3. The zero-order valence-electron chi connectivity index (χ0n) is 13.7. The highest BCUT2D eigenvalue weighted by molar-refractivity contribution is 9.10. The van der Waals surface area contributed by atoms with E-state index in [1.165, 1.54) is 25.7 Å². The Balaban J connectivity index is 1.60. The van der Waals surface area contributed by atoms with Gasteiger partial charge in [0.2, 0.25) is 0 Å². The maximum absolute atomic E-state index is 12.5. The molecule has 3 rings (SSSR count). The predicted molar refractivity (Wildman–Crippen MR) is 95.5 cm³/mol. The van der Waals surface area contributed by atoms with Gasteiger partial charge in [-0.15, -0.1) is 0 Å². The number of carbonyl (C=O) groups excluding carboxylic acids is 2. The van der Waals surface area contributed by atoms with Crippen molar-refractivity contribution in [2.45, 2.75) is 44.6 Å². The number of esters is 1. The number of hydrogen-bond donors (Lipinski definition) is 1. The van der Waals surface area contributed by atoms with Gasteiger partial charge in [-0.3, -0.25) is 4.79 Å². The van der Waals surface area contributed by atoms with E-state index in [0.717, 1.165) is 23.9 Å². The van der Waals surface area contributed by atoms with Gasteiger partial charge in [-0.05, 0) is 49.8 Å². The number of nitrogens with zero attached hydrogens (tertiary/aromatic N) is 1. The molecule has 1 aliphatic carbocycles. The Labute approximate surface area is 150 Å². The number of benzene rings is 1. The molecule has 0 bridgehead atoms. The lowest BCUT2D eigenvalue weighted by molar-refractivity contribution is -0.140. The van der Waals surface area contributed by atoms with Gasteiger partial charge in [-0.1, -0.05) is 28.8 Å². The molecular weight excluding hydrogens is 372 g/mol. The molecule has 2 aliphatic rings. The molecule has 1 aliphatic heterocycles. The number of fused-ring (bicyclic) bond motifs is 1. The second-order valence-electron chi connectivity index (χ2n) is 6.65. The van der Waals surface area contributed by atoms with Crippen molar-refractivity contribution in [3.05, 3.63) is 28.2 Å². The number of hydrogen-bond acceptors (Lipinski definition) is 4. The molecule has 5 nitrogen and oxygen atoms in total. The van der Waals surface area contributed by atoms with E-state index in [4.69, 9.17) is 10.5 Å². The molecule has 24 heavy (non-hydrogen) atoms. The van der Waals surface area contributed by atoms with Crippen molar-refractivity contribution in [1.82, 2.24) is 4.90 Å². The normalized spacial score (nSPS) is 23.5. The first-order valence-corrected chi connectivity index (χ1v) is 9.37. The minimum atomic E-state index is -0.556. The summed E-state index contributed by atoms with van der Waals surface area (Å²) in [4.78, 5) is 26.7. The van der Waals surface area contributed by atoms with Crippen molar-refractivity contribution >= 4 is 33.5 Å². The molecule has 0 aromatic heterocycles. The van der Waals surface area contributed by atoms with E-state index in [9.17, 15) is 9.59 Å². The molecule has 0 radical (unpaired) electrons. The third-order valence-electron chi connectivity index (χ3n) is 5.13. The summed E-state index contributed by atoms with van der Waals surface area (Å²) in [5.41, 5.74) is 6.44. The van der Waals surface area contributed by atoms with Crippen molar-refractivity contribution in [1.29, 1.82) is 0 Å². The monoisotopic (exact) mass is 394 g/mol. The van der Waals surface area contributed by atoms with Crippen LogP contribution in [0.1, 0.15) is 48.9 Å². The summed E-state index contributed by atoms with van der Waals surface area (Å²) in [5, 5.41) is 0. The summed E-state index contributed by atoms with van der Waals surface area (Å²) in [6.45, 7) is 0.560. The van der Waals surface area contributed by atoms with E-state index in [1.54, 1.807) is 18.2 Å². The van der Waals surface area contributed by atoms with Crippen LogP contribution < -0.4 is 5.73 Å². The zero-order valence-corrected chi connectivity index (χ0v) is 15.3. The van der Waals surface area contributed by atoms with Gasteiger partial charge in [-0.25, -0.2) is 4.79 Å². The maximum atomic E-state index is 12.5. The fraction of sp³-hybridized carbons (Fsp3) is 0.556. The Morgan fingerprint density at radius 3 is 2.79 bits per heavy atom. The third kappa shape index (κ3) is 3.74. The number of halogens is 1. The van der Waals surface area contributed by atoms with E-state index in [0.29, 0.717) is 17.6 Å². The summed E-state index contributed by atoms with van der Waals surface area (Å²) in [7, 11) is 0. The largest absolute Gasteiger partial charge is 0.452 e. The van der Waals surface area contributed by atoms with Gasteiger partial charge in [0.25, 0.3) is 5.91 Å². The quantitative estimate of drug-likeness (QED) is 0.629. The van der Waals surface area contributed by atoms with E-state index in [2.05, 4.69) is 15.9 Å². The molecule has 1 aromatic rings. The summed E-state index contributed by atoms with van der Waals surface area (Å²) < 4.78 is 5.97. The molecule has 0 spiro atoms. The molecule has 2 atom stereocenters. The summed E-state index contributed by atoms with van der Waals surface area (Å²) >= 11 is 3.31. The molecule has 1 amide bonds. The third-order valence-corrected chi connectivity index (χ3v) is 5.62. The van der Waals surface area contributed by atoms with Gasteiger partial charge in [-0.2, -0.15) is 0 Å². The number of nitrogen functional groups attached to an aromatic ring is 1. The van der Waals surface area contributed by atoms with Crippen LogP contribution in [0, 0.1) is 5.92 Å². The van der Waals surface area contributed by atoms with Crippen LogP contribution in [0.5, 0.6) is 0 Å². The number of ether oxygens (including phenoxy) is 1. The predicted octanol–water partition coefficient (Wildman–Crippen LogP) is 3.37. The molecule has 2 N–H and O–H groups in total. The topological polar surface area (TPSA) is 72.6 Å². The van der Waals surface area contributed by atoms with Crippen LogP contribution in [0.4, 0.5) is 5.69 Å². The van der Waals surface area contributed by atoms with Crippen molar-refractivity contribution in [2.75, 3.05) is 18.9 Å². The lowest BCUT2D eigenvalue weighted by Crippen LogP contribution is -2.50. The van der Waals surface area contributed by atoms with Crippen LogP contribution >= 0.6 is 15.9 Å². The maximum Gasteiger partial charge on any atom is 0.340 e. The number of piperidine rings is 1. The molecule has 6 heteroatoms. The SMILES string of the molecule is Nc1ccc(Br)cc1C(=O)OCC(=O)N1CCC[C@H]2CCCC[C@@H]21. The van der Waals surface area contributed by atoms with E-state index in [1.807, 2.05) is 4.90 Å². The van der Waals surface area contributed by atoms with Crippen molar-refractivity contribution in [3.8, 4) is 0 Å². The van der Waals surface area contributed by atoms with Gasteiger partial charge in [0.1, 0.15) is 0 Å². The Hall–Kier alpha value is -1.56. The van der Waals surface area contributed by atoms with Crippen molar-refractivity contribution in [3.63, 3.8) is 0 Å². The summed E-state index contributed by atoms with van der Waals surface area (Å²) in [6, 6.07) is 5.34. The molecule has 1 aromatic carbocycles. The van der Waals surface area contributed by atoms with Gasteiger partial charge in [0.15, 0.2) is 6.61 Å². The fourth-order valence-corrected chi connectivity index (χ4v) is 4.29. The Bertz CT molecular complexity index is 633. The molecule has 1 saturated heterocycles. The number of nitrogens with two attached hydrogens (primary N) is 1. The van der Waals surface area contributed by atoms with Crippen LogP contribution in [0.25, 0.3) is 0 Å². The van der Waals surface area contributed by atoms with E-state index >= 15 is 0 Å². The summed E-state index contributed by atoms with van der Waals surface area (Å²) in [5.74, 6) is -0.0271. The van der Waals surface area contributed by atoms with Gasteiger partial charge in [0.05, 0.1) is 5.56 Å².